The molecule has 1 unspecified atom stereocenters. The highest BCUT2D eigenvalue weighted by molar-refractivity contribution is 5.57. The fourth-order valence-corrected chi connectivity index (χ4v) is 1.76. The summed E-state index contributed by atoms with van der Waals surface area (Å²) < 4.78 is 20.0. The van der Waals surface area contributed by atoms with Gasteiger partial charge in [0.25, 0.3) is 0 Å². The number of rotatable bonds is 4. The minimum atomic E-state index is -0.313. The van der Waals surface area contributed by atoms with Crippen molar-refractivity contribution in [2.45, 2.75) is 13.0 Å². The quantitative estimate of drug-likeness (QED) is 0.905. The van der Waals surface area contributed by atoms with E-state index >= 15 is 0 Å². The van der Waals surface area contributed by atoms with E-state index in [0.717, 1.165) is 11.3 Å². The van der Waals surface area contributed by atoms with Crippen LogP contribution in [0, 0.1) is 5.82 Å². The summed E-state index contributed by atoms with van der Waals surface area (Å²) in [5.74, 6) is 0.178. The lowest BCUT2D eigenvalue weighted by molar-refractivity contribution is 0.412. The molecule has 0 spiro atoms. The van der Waals surface area contributed by atoms with Crippen LogP contribution in [0.4, 0.5) is 10.1 Å². The smallest absolute Gasteiger partial charge is 0.144 e. The third-order valence-electron chi connectivity index (χ3n) is 2.76. The van der Waals surface area contributed by atoms with Crippen molar-refractivity contribution < 1.29 is 9.13 Å². The largest absolute Gasteiger partial charge is 0.494 e. The van der Waals surface area contributed by atoms with E-state index in [0.29, 0.717) is 5.75 Å². The summed E-state index contributed by atoms with van der Waals surface area (Å²) in [5.41, 5.74) is 1.82. The summed E-state index contributed by atoms with van der Waals surface area (Å²) in [4.78, 5) is 0. The molecule has 0 fully saturated rings. The molecule has 1 atom stereocenters. The summed E-state index contributed by atoms with van der Waals surface area (Å²) in [5, 5.41) is 7.39. The number of methoxy groups -OCH3 is 1. The van der Waals surface area contributed by atoms with E-state index < -0.39 is 0 Å². The van der Waals surface area contributed by atoms with Gasteiger partial charge in [0.1, 0.15) is 11.6 Å². The standard InChI is InChI=1S/C13H16FN3O/c1-9(10-7-15-17(2)8-10)16-12-5-4-11(14)6-13(12)18-3/h4-9,16H,1-3H3. The van der Waals surface area contributed by atoms with E-state index in [4.69, 9.17) is 4.74 Å². The molecule has 0 aliphatic carbocycles. The lowest BCUT2D eigenvalue weighted by atomic mass is 10.1. The first kappa shape index (κ1) is 12.4. The highest BCUT2D eigenvalue weighted by Crippen LogP contribution is 2.28. The maximum Gasteiger partial charge on any atom is 0.144 e. The number of aryl methyl sites for hydroxylation is 1. The molecular weight excluding hydrogens is 233 g/mol. The Balaban J connectivity index is 2.18. The monoisotopic (exact) mass is 249 g/mol. The predicted octanol–water partition coefficient (Wildman–Crippen LogP) is 2.74. The Morgan fingerprint density at radius 1 is 1.44 bits per heavy atom. The molecule has 0 aliphatic rings. The number of nitrogens with zero attached hydrogens (tertiary/aromatic N) is 2. The molecule has 18 heavy (non-hydrogen) atoms. The third kappa shape index (κ3) is 2.61. The second kappa shape index (κ2) is 5.08. The van der Waals surface area contributed by atoms with Gasteiger partial charge in [-0.1, -0.05) is 0 Å². The number of anilines is 1. The van der Waals surface area contributed by atoms with Crippen LogP contribution in [-0.2, 0) is 7.05 Å². The molecule has 2 rings (SSSR count). The van der Waals surface area contributed by atoms with Gasteiger partial charge in [0, 0.05) is 24.9 Å². The first-order valence-electron chi connectivity index (χ1n) is 5.69. The number of hydrogen-bond acceptors (Lipinski definition) is 3. The molecule has 0 radical (unpaired) electrons. The topological polar surface area (TPSA) is 39.1 Å². The van der Waals surface area contributed by atoms with E-state index in [2.05, 4.69) is 10.4 Å². The van der Waals surface area contributed by atoms with Crippen molar-refractivity contribution in [2.75, 3.05) is 12.4 Å². The van der Waals surface area contributed by atoms with Crippen LogP contribution in [0.15, 0.2) is 30.6 Å². The van der Waals surface area contributed by atoms with Gasteiger partial charge < -0.3 is 10.1 Å². The molecule has 5 heteroatoms. The van der Waals surface area contributed by atoms with Gasteiger partial charge in [0.2, 0.25) is 0 Å². The number of hydrogen-bond donors (Lipinski definition) is 1. The van der Waals surface area contributed by atoms with Crippen molar-refractivity contribution >= 4 is 5.69 Å². The first-order valence-corrected chi connectivity index (χ1v) is 5.69. The minimum Gasteiger partial charge on any atom is -0.494 e. The van der Waals surface area contributed by atoms with Crippen molar-refractivity contribution in [1.29, 1.82) is 0 Å². The lowest BCUT2D eigenvalue weighted by Crippen LogP contribution is -2.07. The number of nitrogens with one attached hydrogen (secondary N) is 1. The Bertz CT molecular complexity index is 539. The minimum absolute atomic E-state index is 0.0676. The molecule has 0 saturated carbocycles. The van der Waals surface area contributed by atoms with Crippen LogP contribution >= 0.6 is 0 Å². The maximum absolute atomic E-state index is 13.1. The molecule has 0 saturated heterocycles. The van der Waals surface area contributed by atoms with Crippen LogP contribution < -0.4 is 10.1 Å². The van der Waals surface area contributed by atoms with Crippen molar-refractivity contribution in [3.8, 4) is 5.75 Å². The van der Waals surface area contributed by atoms with Gasteiger partial charge in [-0.2, -0.15) is 5.10 Å². The Kier molecular flexibility index (Phi) is 3.50. The summed E-state index contributed by atoms with van der Waals surface area (Å²) in [6, 6.07) is 4.50. The van der Waals surface area contributed by atoms with Crippen molar-refractivity contribution in [2.24, 2.45) is 7.05 Å². The summed E-state index contributed by atoms with van der Waals surface area (Å²) in [6.45, 7) is 2.01. The molecular formula is C13H16FN3O. The van der Waals surface area contributed by atoms with E-state index in [1.807, 2.05) is 20.2 Å². The van der Waals surface area contributed by atoms with Gasteiger partial charge in [-0.3, -0.25) is 4.68 Å². The summed E-state index contributed by atoms with van der Waals surface area (Å²) >= 11 is 0. The Morgan fingerprint density at radius 2 is 2.22 bits per heavy atom. The van der Waals surface area contributed by atoms with Crippen LogP contribution in [0.3, 0.4) is 0 Å². The fraction of sp³-hybridized carbons (Fsp3) is 0.308. The van der Waals surface area contributed by atoms with E-state index in [1.54, 1.807) is 16.9 Å². The second-order valence-electron chi connectivity index (χ2n) is 4.16. The number of halogens is 1. The van der Waals surface area contributed by atoms with Crippen LogP contribution in [0.2, 0.25) is 0 Å². The van der Waals surface area contributed by atoms with Crippen molar-refractivity contribution in [3.05, 3.63) is 42.0 Å². The SMILES string of the molecule is COc1cc(F)ccc1NC(C)c1cnn(C)c1. The van der Waals surface area contributed by atoms with Gasteiger partial charge in [0.15, 0.2) is 0 Å². The highest BCUT2D eigenvalue weighted by atomic mass is 19.1. The van der Waals surface area contributed by atoms with Gasteiger partial charge in [0.05, 0.1) is 25.0 Å². The zero-order valence-electron chi connectivity index (χ0n) is 10.6. The Labute approximate surface area is 105 Å². The second-order valence-corrected chi connectivity index (χ2v) is 4.16. The Hall–Kier alpha value is -2.04. The average Bonchev–Trinajstić information content (AvgIpc) is 2.78. The van der Waals surface area contributed by atoms with Crippen LogP contribution in [0.25, 0.3) is 0 Å². The lowest BCUT2D eigenvalue weighted by Gasteiger charge is -2.16. The summed E-state index contributed by atoms with van der Waals surface area (Å²) in [7, 11) is 3.39. The molecule has 0 bridgehead atoms. The van der Waals surface area contributed by atoms with Crippen LogP contribution in [0.1, 0.15) is 18.5 Å². The van der Waals surface area contributed by atoms with E-state index in [9.17, 15) is 4.39 Å². The molecule has 1 aromatic heterocycles. The molecule has 96 valence electrons. The zero-order valence-corrected chi connectivity index (χ0v) is 10.6. The van der Waals surface area contributed by atoms with Crippen molar-refractivity contribution in [3.63, 3.8) is 0 Å². The summed E-state index contributed by atoms with van der Waals surface area (Å²) in [6.07, 6.45) is 3.74. The van der Waals surface area contributed by atoms with Crippen molar-refractivity contribution in [1.82, 2.24) is 9.78 Å². The molecule has 0 aliphatic heterocycles. The van der Waals surface area contributed by atoms with E-state index in [-0.39, 0.29) is 11.9 Å². The fourth-order valence-electron chi connectivity index (χ4n) is 1.76. The molecule has 1 aromatic carbocycles. The molecule has 1 N–H and O–H groups in total. The number of benzene rings is 1. The molecule has 2 aromatic rings. The molecule has 1 heterocycles. The first-order chi connectivity index (χ1) is 8.60. The molecule has 4 nitrogen and oxygen atoms in total. The average molecular weight is 249 g/mol. The van der Waals surface area contributed by atoms with Gasteiger partial charge in [-0.15, -0.1) is 0 Å². The third-order valence-corrected chi connectivity index (χ3v) is 2.76. The van der Waals surface area contributed by atoms with E-state index in [1.165, 1.54) is 19.2 Å². The number of ether oxygens (including phenoxy) is 1. The van der Waals surface area contributed by atoms with Gasteiger partial charge in [-0.25, -0.2) is 4.39 Å². The number of aromatic nitrogens is 2. The predicted molar refractivity (Wildman–Crippen MR) is 68.2 cm³/mol. The van der Waals surface area contributed by atoms with Gasteiger partial charge >= 0.3 is 0 Å². The van der Waals surface area contributed by atoms with Crippen LogP contribution in [0.5, 0.6) is 5.75 Å². The maximum atomic E-state index is 13.1. The zero-order chi connectivity index (χ0) is 13.1. The van der Waals surface area contributed by atoms with Crippen LogP contribution in [-0.4, -0.2) is 16.9 Å². The normalized spacial score (nSPS) is 12.2. The highest BCUT2D eigenvalue weighted by Gasteiger charge is 2.11. The van der Waals surface area contributed by atoms with Gasteiger partial charge in [-0.05, 0) is 19.1 Å². The molecule has 0 amide bonds. The Morgan fingerprint density at radius 3 is 2.83 bits per heavy atom.